The highest BCUT2D eigenvalue weighted by Gasteiger charge is 2.61. The van der Waals surface area contributed by atoms with Crippen LogP contribution in [-0.2, 0) is 16.8 Å². The van der Waals surface area contributed by atoms with Crippen molar-refractivity contribution in [3.05, 3.63) is 70.3 Å². The van der Waals surface area contributed by atoms with Crippen molar-refractivity contribution in [2.45, 2.75) is 82.9 Å². The molecule has 5 nitrogen and oxygen atoms in total. The summed E-state index contributed by atoms with van der Waals surface area (Å²) in [5.41, 5.74) is 4.68. The molecule has 186 valence electrons. The molecule has 2 saturated carbocycles. The number of nitriles is 1. The largest absolute Gasteiger partial charge is 0.387 e. The highest BCUT2D eigenvalue weighted by Crippen LogP contribution is 2.56. The molecule has 0 bridgehead atoms. The standard InChI is InChI=1S/C21H28N2O.C9H11NO/c1-15-4-5-18(13-22)12-19(15)20-8-3-9-21(20,24)16(2)23(11-10-20)14-17-6-7-17;1-8-2-4-9(5-3-8)6-10-7-11/h4-5,12,16-17,24H,3,6-11,14H2,1-2H3;2-5,7H,6H2,1H3,(H,10,11)/t16-,20+,21-;/m1./s1. The van der Waals surface area contributed by atoms with E-state index in [1.54, 1.807) is 0 Å². The van der Waals surface area contributed by atoms with Crippen molar-refractivity contribution < 1.29 is 9.90 Å². The first kappa shape index (κ1) is 25.4. The van der Waals surface area contributed by atoms with Crippen molar-refractivity contribution >= 4 is 6.41 Å². The first-order valence-corrected chi connectivity index (χ1v) is 13.0. The predicted molar refractivity (Wildman–Crippen MR) is 139 cm³/mol. The Balaban J connectivity index is 0.000000221. The highest BCUT2D eigenvalue weighted by atomic mass is 16.3. The van der Waals surface area contributed by atoms with E-state index < -0.39 is 5.60 Å². The average molecular weight is 474 g/mol. The Labute approximate surface area is 210 Å². The minimum absolute atomic E-state index is 0.177. The second-order valence-corrected chi connectivity index (χ2v) is 10.9. The van der Waals surface area contributed by atoms with E-state index in [1.807, 2.05) is 37.3 Å². The average Bonchev–Trinajstić information content (AvgIpc) is 3.61. The third-order valence-electron chi connectivity index (χ3n) is 8.64. The molecule has 5 heteroatoms. The molecular weight excluding hydrogens is 434 g/mol. The molecule has 0 unspecified atom stereocenters. The van der Waals surface area contributed by atoms with Crippen LogP contribution in [0.2, 0.25) is 0 Å². The Morgan fingerprint density at radius 3 is 2.54 bits per heavy atom. The van der Waals surface area contributed by atoms with Gasteiger partial charge in [-0.15, -0.1) is 0 Å². The van der Waals surface area contributed by atoms with Crippen LogP contribution < -0.4 is 5.32 Å². The van der Waals surface area contributed by atoms with Gasteiger partial charge in [0.25, 0.3) is 0 Å². The van der Waals surface area contributed by atoms with Crippen LogP contribution in [0.4, 0.5) is 0 Å². The van der Waals surface area contributed by atoms with Gasteiger partial charge in [-0.2, -0.15) is 5.26 Å². The predicted octanol–water partition coefficient (Wildman–Crippen LogP) is 4.76. The summed E-state index contributed by atoms with van der Waals surface area (Å²) in [6.07, 6.45) is 7.43. The number of rotatable bonds is 6. The van der Waals surface area contributed by atoms with E-state index in [1.165, 1.54) is 29.5 Å². The maximum Gasteiger partial charge on any atom is 0.207 e. The molecule has 0 spiro atoms. The Bertz CT molecular complexity index is 1070. The van der Waals surface area contributed by atoms with E-state index in [0.717, 1.165) is 50.3 Å². The Hall–Kier alpha value is -2.68. The normalized spacial score (nSPS) is 27.8. The van der Waals surface area contributed by atoms with Crippen LogP contribution in [0, 0.1) is 31.1 Å². The molecule has 0 aromatic heterocycles. The summed E-state index contributed by atoms with van der Waals surface area (Å²) in [6.45, 7) is 9.23. The van der Waals surface area contributed by atoms with Crippen LogP contribution in [-0.4, -0.2) is 41.1 Å². The van der Waals surface area contributed by atoms with E-state index >= 15 is 0 Å². The van der Waals surface area contributed by atoms with Gasteiger partial charge < -0.3 is 10.4 Å². The quantitative estimate of drug-likeness (QED) is 0.593. The second kappa shape index (κ2) is 10.5. The number of nitrogens with zero attached hydrogens (tertiary/aromatic N) is 2. The zero-order chi connectivity index (χ0) is 25.1. The van der Waals surface area contributed by atoms with Crippen molar-refractivity contribution in [1.29, 1.82) is 5.26 Å². The molecule has 0 radical (unpaired) electrons. The molecule has 1 amide bonds. The van der Waals surface area contributed by atoms with Crippen molar-refractivity contribution in [2.24, 2.45) is 5.92 Å². The summed E-state index contributed by atoms with van der Waals surface area (Å²) in [6, 6.07) is 16.6. The summed E-state index contributed by atoms with van der Waals surface area (Å²) < 4.78 is 0. The molecule has 1 aliphatic heterocycles. The first-order valence-electron chi connectivity index (χ1n) is 13.0. The number of fused-ring (bicyclic) bond motifs is 1. The molecule has 3 atom stereocenters. The van der Waals surface area contributed by atoms with Crippen LogP contribution in [0.3, 0.4) is 0 Å². The summed E-state index contributed by atoms with van der Waals surface area (Å²) >= 11 is 0. The van der Waals surface area contributed by atoms with Gasteiger partial charge in [0, 0.05) is 24.5 Å². The SMILES string of the molecule is Cc1ccc(C#N)cc1[C@@]12CCC[C@@]1(O)[C@@H](C)N(CC1CC1)CC2.Cc1ccc(CNC=O)cc1. The molecule has 2 N–H and O–H groups in total. The summed E-state index contributed by atoms with van der Waals surface area (Å²) in [7, 11) is 0. The number of carbonyl (C=O) groups excluding carboxylic acids is 1. The number of aryl methyl sites for hydroxylation is 2. The lowest BCUT2D eigenvalue weighted by atomic mass is 9.61. The van der Waals surface area contributed by atoms with Crippen molar-refractivity contribution in [3.63, 3.8) is 0 Å². The smallest absolute Gasteiger partial charge is 0.207 e. The third kappa shape index (κ3) is 5.15. The molecule has 2 aliphatic carbocycles. The van der Waals surface area contributed by atoms with Gasteiger partial charge in [0.05, 0.1) is 17.2 Å². The minimum Gasteiger partial charge on any atom is -0.387 e. The summed E-state index contributed by atoms with van der Waals surface area (Å²) in [4.78, 5) is 12.5. The number of amides is 1. The topological polar surface area (TPSA) is 76.4 Å². The van der Waals surface area contributed by atoms with E-state index in [-0.39, 0.29) is 11.5 Å². The minimum atomic E-state index is -0.668. The van der Waals surface area contributed by atoms with Crippen molar-refractivity contribution in [3.8, 4) is 6.07 Å². The van der Waals surface area contributed by atoms with Gasteiger partial charge in [-0.25, -0.2) is 0 Å². The number of carbonyl (C=O) groups is 1. The van der Waals surface area contributed by atoms with Gasteiger partial charge in [-0.3, -0.25) is 9.69 Å². The number of hydrogen-bond acceptors (Lipinski definition) is 4. The lowest BCUT2D eigenvalue weighted by Crippen LogP contribution is -2.65. The number of hydrogen-bond donors (Lipinski definition) is 2. The maximum absolute atomic E-state index is 11.9. The van der Waals surface area contributed by atoms with Gasteiger partial charge in [-0.05, 0) is 101 Å². The molecule has 35 heavy (non-hydrogen) atoms. The van der Waals surface area contributed by atoms with Crippen LogP contribution >= 0.6 is 0 Å². The molecule has 1 heterocycles. The lowest BCUT2D eigenvalue weighted by Gasteiger charge is -2.55. The third-order valence-corrected chi connectivity index (χ3v) is 8.64. The summed E-state index contributed by atoms with van der Waals surface area (Å²) in [5, 5.41) is 23.8. The maximum atomic E-state index is 11.9. The Morgan fingerprint density at radius 1 is 1.14 bits per heavy atom. The lowest BCUT2D eigenvalue weighted by molar-refractivity contribution is -0.117. The van der Waals surface area contributed by atoms with Gasteiger partial charge in [0.1, 0.15) is 0 Å². The van der Waals surface area contributed by atoms with Gasteiger partial charge in [0.2, 0.25) is 6.41 Å². The van der Waals surface area contributed by atoms with Crippen molar-refractivity contribution in [1.82, 2.24) is 10.2 Å². The first-order chi connectivity index (χ1) is 16.8. The number of aliphatic hydroxyl groups is 1. The number of nitrogens with one attached hydrogen (secondary N) is 1. The van der Waals surface area contributed by atoms with E-state index in [2.05, 4.69) is 42.3 Å². The zero-order valence-electron chi connectivity index (χ0n) is 21.4. The fourth-order valence-corrected chi connectivity index (χ4v) is 6.35. The van der Waals surface area contributed by atoms with E-state index in [9.17, 15) is 15.2 Å². The van der Waals surface area contributed by atoms with Crippen LogP contribution in [0.5, 0.6) is 0 Å². The molecule has 1 saturated heterocycles. The number of likely N-dealkylation sites (tertiary alicyclic amines) is 1. The fourth-order valence-electron chi connectivity index (χ4n) is 6.35. The zero-order valence-corrected chi connectivity index (χ0v) is 21.4. The molecular formula is C30H39N3O2. The van der Waals surface area contributed by atoms with E-state index in [0.29, 0.717) is 18.5 Å². The summed E-state index contributed by atoms with van der Waals surface area (Å²) in [5.74, 6) is 0.855. The molecule has 3 fully saturated rings. The van der Waals surface area contributed by atoms with Crippen LogP contribution in [0.25, 0.3) is 0 Å². The molecule has 2 aromatic carbocycles. The van der Waals surface area contributed by atoms with Crippen molar-refractivity contribution in [2.75, 3.05) is 13.1 Å². The fraction of sp³-hybridized carbons (Fsp3) is 0.533. The highest BCUT2D eigenvalue weighted by molar-refractivity contribution is 5.46. The Morgan fingerprint density at radius 2 is 1.89 bits per heavy atom. The monoisotopic (exact) mass is 473 g/mol. The van der Waals surface area contributed by atoms with Crippen LogP contribution in [0.15, 0.2) is 42.5 Å². The van der Waals surface area contributed by atoms with Gasteiger partial charge >= 0.3 is 0 Å². The number of benzene rings is 2. The second-order valence-electron chi connectivity index (χ2n) is 10.9. The van der Waals surface area contributed by atoms with Gasteiger partial charge in [0.15, 0.2) is 0 Å². The molecule has 3 aliphatic rings. The number of piperidine rings is 1. The van der Waals surface area contributed by atoms with E-state index in [4.69, 9.17) is 0 Å². The molecule has 5 rings (SSSR count). The molecule has 2 aromatic rings. The Kier molecular flexibility index (Phi) is 7.64. The van der Waals surface area contributed by atoms with Crippen LogP contribution in [0.1, 0.15) is 73.3 Å². The van der Waals surface area contributed by atoms with Gasteiger partial charge in [-0.1, -0.05) is 35.9 Å².